The van der Waals surface area contributed by atoms with Crippen LogP contribution in [0, 0.1) is 5.82 Å². The maximum atomic E-state index is 13.7. The number of carbonyl (C=O) groups excluding carboxylic acids is 2. The molecule has 1 heterocycles. The molecule has 0 fully saturated rings. The lowest BCUT2D eigenvalue weighted by Gasteiger charge is -2.23. The van der Waals surface area contributed by atoms with Crippen LogP contribution >= 0.6 is 11.3 Å². The first-order chi connectivity index (χ1) is 17.5. The van der Waals surface area contributed by atoms with Gasteiger partial charge < -0.3 is 15.0 Å². The first kappa shape index (κ1) is 25.0. The molecule has 0 radical (unpaired) electrons. The standard InChI is InChI=1S/C27H25FN4O3S/c1-35-23-12-10-20(11-13-23)25-30-31-27(36-25)29-24(33)15-17-32(16-14-19-6-3-2-4-7-19)26(34)21-8-5-9-22(28)18-21/h2-13,18H,14-17H2,1H3,(H,29,31,33). The van der Waals surface area contributed by atoms with Gasteiger partial charge in [-0.05, 0) is 54.4 Å². The van der Waals surface area contributed by atoms with Gasteiger partial charge in [-0.3, -0.25) is 9.59 Å². The normalized spacial score (nSPS) is 10.6. The fraction of sp³-hybridized carbons (Fsp3) is 0.185. The van der Waals surface area contributed by atoms with Crippen LogP contribution in [0.2, 0.25) is 0 Å². The molecule has 0 unspecified atom stereocenters. The van der Waals surface area contributed by atoms with E-state index < -0.39 is 5.82 Å². The van der Waals surface area contributed by atoms with E-state index in [0.29, 0.717) is 23.1 Å². The van der Waals surface area contributed by atoms with Crippen molar-refractivity contribution in [3.8, 4) is 16.3 Å². The van der Waals surface area contributed by atoms with E-state index in [-0.39, 0.29) is 30.3 Å². The molecule has 0 spiro atoms. The number of benzene rings is 3. The molecule has 0 atom stereocenters. The summed E-state index contributed by atoms with van der Waals surface area (Å²) in [6.45, 7) is 0.575. The number of halogens is 1. The van der Waals surface area contributed by atoms with E-state index in [9.17, 15) is 14.0 Å². The molecule has 0 saturated carbocycles. The zero-order valence-electron chi connectivity index (χ0n) is 19.7. The van der Waals surface area contributed by atoms with Crippen molar-refractivity contribution in [2.75, 3.05) is 25.5 Å². The molecule has 9 heteroatoms. The minimum atomic E-state index is -0.481. The number of nitrogens with one attached hydrogen (secondary N) is 1. The van der Waals surface area contributed by atoms with Crippen molar-refractivity contribution in [1.82, 2.24) is 15.1 Å². The van der Waals surface area contributed by atoms with Crippen LogP contribution in [0.3, 0.4) is 0 Å². The predicted octanol–water partition coefficient (Wildman–Crippen LogP) is 5.07. The number of carbonyl (C=O) groups is 2. The van der Waals surface area contributed by atoms with Crippen molar-refractivity contribution >= 4 is 28.3 Å². The summed E-state index contributed by atoms with van der Waals surface area (Å²) in [6.07, 6.45) is 0.679. The van der Waals surface area contributed by atoms with E-state index in [1.165, 1.54) is 29.5 Å². The largest absolute Gasteiger partial charge is 0.497 e. The molecule has 4 aromatic rings. The van der Waals surface area contributed by atoms with Gasteiger partial charge in [0.05, 0.1) is 7.11 Å². The summed E-state index contributed by atoms with van der Waals surface area (Å²) in [5, 5.41) is 12.0. The summed E-state index contributed by atoms with van der Waals surface area (Å²) in [4.78, 5) is 27.3. The van der Waals surface area contributed by atoms with E-state index in [2.05, 4.69) is 15.5 Å². The Morgan fingerprint density at radius 1 is 0.972 bits per heavy atom. The minimum absolute atomic E-state index is 0.0628. The number of hydrogen-bond acceptors (Lipinski definition) is 6. The van der Waals surface area contributed by atoms with E-state index in [0.717, 1.165) is 16.9 Å². The molecule has 0 aliphatic heterocycles. The van der Waals surface area contributed by atoms with Crippen molar-refractivity contribution in [3.05, 3.63) is 95.8 Å². The summed E-state index contributed by atoms with van der Waals surface area (Å²) in [5.74, 6) is -0.355. The third-order valence-electron chi connectivity index (χ3n) is 5.49. The molecule has 2 amide bonds. The third kappa shape index (κ3) is 6.73. The van der Waals surface area contributed by atoms with Crippen LogP contribution in [0.5, 0.6) is 5.75 Å². The fourth-order valence-corrected chi connectivity index (χ4v) is 4.34. The first-order valence-corrected chi connectivity index (χ1v) is 12.2. The second kappa shape index (κ2) is 12.0. The monoisotopic (exact) mass is 504 g/mol. The number of hydrogen-bond donors (Lipinski definition) is 1. The molecule has 1 N–H and O–H groups in total. The van der Waals surface area contributed by atoms with Gasteiger partial charge in [0.25, 0.3) is 5.91 Å². The van der Waals surface area contributed by atoms with Gasteiger partial charge in [0.2, 0.25) is 11.0 Å². The fourth-order valence-electron chi connectivity index (χ4n) is 3.57. The van der Waals surface area contributed by atoms with Crippen molar-refractivity contribution in [2.24, 2.45) is 0 Å². The van der Waals surface area contributed by atoms with Crippen LogP contribution in [0.1, 0.15) is 22.3 Å². The average Bonchev–Trinajstić information content (AvgIpc) is 3.37. The average molecular weight is 505 g/mol. The Hall–Kier alpha value is -4.11. The lowest BCUT2D eigenvalue weighted by atomic mass is 10.1. The van der Waals surface area contributed by atoms with Crippen molar-refractivity contribution in [3.63, 3.8) is 0 Å². The molecule has 3 aromatic carbocycles. The maximum Gasteiger partial charge on any atom is 0.253 e. The van der Waals surface area contributed by atoms with E-state index in [1.54, 1.807) is 18.1 Å². The Bertz CT molecular complexity index is 1310. The van der Waals surface area contributed by atoms with Crippen LogP contribution in [0.15, 0.2) is 78.9 Å². The Kier molecular flexibility index (Phi) is 8.36. The van der Waals surface area contributed by atoms with E-state index in [4.69, 9.17) is 4.74 Å². The Balaban J connectivity index is 1.38. The summed E-state index contributed by atoms with van der Waals surface area (Å²) >= 11 is 1.26. The molecule has 184 valence electrons. The third-order valence-corrected chi connectivity index (χ3v) is 6.38. The predicted molar refractivity (Wildman–Crippen MR) is 138 cm³/mol. The van der Waals surface area contributed by atoms with Gasteiger partial charge in [-0.25, -0.2) is 4.39 Å². The van der Waals surface area contributed by atoms with Gasteiger partial charge in [0.15, 0.2) is 0 Å². The summed E-state index contributed by atoms with van der Waals surface area (Å²) < 4.78 is 18.9. The smallest absolute Gasteiger partial charge is 0.253 e. The lowest BCUT2D eigenvalue weighted by molar-refractivity contribution is -0.116. The summed E-state index contributed by atoms with van der Waals surface area (Å²) in [5.41, 5.74) is 2.18. The number of ether oxygens (including phenoxy) is 1. The zero-order chi connectivity index (χ0) is 25.3. The van der Waals surface area contributed by atoms with Crippen molar-refractivity contribution in [2.45, 2.75) is 12.8 Å². The number of anilines is 1. The molecule has 0 aliphatic rings. The summed E-state index contributed by atoms with van der Waals surface area (Å²) in [6, 6.07) is 22.7. The number of nitrogens with zero attached hydrogens (tertiary/aromatic N) is 3. The highest BCUT2D eigenvalue weighted by Gasteiger charge is 2.18. The second-order valence-electron chi connectivity index (χ2n) is 7.98. The molecule has 7 nitrogen and oxygen atoms in total. The molecular weight excluding hydrogens is 479 g/mol. The highest BCUT2D eigenvalue weighted by Crippen LogP contribution is 2.27. The maximum absolute atomic E-state index is 13.7. The van der Waals surface area contributed by atoms with Gasteiger partial charge in [0.1, 0.15) is 16.6 Å². The van der Waals surface area contributed by atoms with Crippen LogP contribution in [0.4, 0.5) is 9.52 Å². The van der Waals surface area contributed by atoms with E-state index in [1.807, 2.05) is 54.6 Å². The molecule has 4 rings (SSSR count). The minimum Gasteiger partial charge on any atom is -0.497 e. The summed E-state index contributed by atoms with van der Waals surface area (Å²) in [7, 11) is 1.60. The highest BCUT2D eigenvalue weighted by atomic mass is 32.1. The van der Waals surface area contributed by atoms with E-state index >= 15 is 0 Å². The topological polar surface area (TPSA) is 84.4 Å². The first-order valence-electron chi connectivity index (χ1n) is 11.4. The van der Waals surface area contributed by atoms with Gasteiger partial charge >= 0.3 is 0 Å². The van der Waals surface area contributed by atoms with Crippen molar-refractivity contribution in [1.29, 1.82) is 0 Å². The number of rotatable bonds is 10. The van der Waals surface area contributed by atoms with Crippen LogP contribution in [0.25, 0.3) is 10.6 Å². The number of methoxy groups -OCH3 is 1. The van der Waals surface area contributed by atoms with Crippen LogP contribution in [-0.2, 0) is 11.2 Å². The highest BCUT2D eigenvalue weighted by molar-refractivity contribution is 7.18. The lowest BCUT2D eigenvalue weighted by Crippen LogP contribution is -2.35. The molecule has 1 aromatic heterocycles. The Morgan fingerprint density at radius 2 is 1.75 bits per heavy atom. The quantitative estimate of drug-likeness (QED) is 0.326. The Morgan fingerprint density at radius 3 is 2.47 bits per heavy atom. The van der Waals surface area contributed by atoms with Gasteiger partial charge in [-0.2, -0.15) is 0 Å². The SMILES string of the molecule is COc1ccc(-c2nnc(NC(=O)CCN(CCc3ccccc3)C(=O)c3cccc(F)c3)s2)cc1. The van der Waals surface area contributed by atoms with Gasteiger partial charge in [-0.1, -0.05) is 47.7 Å². The molecule has 0 bridgehead atoms. The van der Waals surface area contributed by atoms with Gasteiger partial charge in [-0.15, -0.1) is 10.2 Å². The second-order valence-corrected chi connectivity index (χ2v) is 8.95. The Labute approximate surface area is 212 Å². The van der Waals surface area contributed by atoms with Crippen LogP contribution in [-0.4, -0.2) is 47.1 Å². The number of amides is 2. The number of aromatic nitrogens is 2. The van der Waals surface area contributed by atoms with Crippen LogP contribution < -0.4 is 10.1 Å². The molecule has 36 heavy (non-hydrogen) atoms. The van der Waals surface area contributed by atoms with Gasteiger partial charge in [0, 0.05) is 30.6 Å². The molecule has 0 aliphatic carbocycles. The molecular formula is C27H25FN4O3S. The zero-order valence-corrected chi connectivity index (χ0v) is 20.5. The molecule has 0 saturated heterocycles. The van der Waals surface area contributed by atoms with Crippen molar-refractivity contribution < 1.29 is 18.7 Å².